The van der Waals surface area contributed by atoms with Gasteiger partial charge in [0.1, 0.15) is 12.1 Å². The number of aliphatic hydroxyl groups excluding tert-OH is 1. The molecular formula is C26H27F3N4O. The summed E-state index contributed by atoms with van der Waals surface area (Å²) in [6.07, 6.45) is 2.34. The van der Waals surface area contributed by atoms with Gasteiger partial charge >= 0.3 is 6.18 Å². The first-order valence-corrected chi connectivity index (χ1v) is 11.7. The van der Waals surface area contributed by atoms with Gasteiger partial charge in [-0.05, 0) is 54.5 Å². The van der Waals surface area contributed by atoms with Crippen LogP contribution in [-0.2, 0) is 19.0 Å². The molecule has 34 heavy (non-hydrogen) atoms. The van der Waals surface area contributed by atoms with Gasteiger partial charge in [0, 0.05) is 36.0 Å². The van der Waals surface area contributed by atoms with E-state index in [1.54, 1.807) is 6.07 Å². The van der Waals surface area contributed by atoms with Crippen LogP contribution in [-0.4, -0.2) is 27.7 Å². The number of halogens is 3. The molecule has 0 saturated heterocycles. The van der Waals surface area contributed by atoms with Gasteiger partial charge in [-0.15, -0.1) is 0 Å². The minimum absolute atomic E-state index is 0.389. The van der Waals surface area contributed by atoms with E-state index in [1.807, 2.05) is 18.2 Å². The van der Waals surface area contributed by atoms with Crippen molar-refractivity contribution in [3.63, 3.8) is 0 Å². The van der Waals surface area contributed by atoms with Gasteiger partial charge in [0.25, 0.3) is 0 Å². The van der Waals surface area contributed by atoms with E-state index in [4.69, 9.17) is 0 Å². The Kier molecular flexibility index (Phi) is 6.16. The fourth-order valence-corrected chi connectivity index (χ4v) is 5.02. The molecule has 0 spiro atoms. The lowest BCUT2D eigenvalue weighted by Crippen LogP contribution is -2.13. The molecule has 1 fully saturated rings. The summed E-state index contributed by atoms with van der Waals surface area (Å²) in [5, 5.41) is 16.6. The lowest BCUT2D eigenvalue weighted by Gasteiger charge is -2.18. The molecule has 1 saturated carbocycles. The Hall–Kier alpha value is -3.13. The lowest BCUT2D eigenvalue weighted by atomic mass is 10.0. The summed E-state index contributed by atoms with van der Waals surface area (Å²) in [5.41, 5.74) is 3.91. The Balaban J connectivity index is 1.44. The second-order valence-electron chi connectivity index (χ2n) is 9.21. The maximum Gasteiger partial charge on any atom is 0.416 e. The molecule has 178 valence electrons. The zero-order valence-electron chi connectivity index (χ0n) is 18.7. The van der Waals surface area contributed by atoms with Crippen molar-refractivity contribution < 1.29 is 18.3 Å². The van der Waals surface area contributed by atoms with E-state index >= 15 is 0 Å². The van der Waals surface area contributed by atoms with Crippen LogP contribution < -0.4 is 10.6 Å². The van der Waals surface area contributed by atoms with E-state index in [0.717, 1.165) is 35.7 Å². The van der Waals surface area contributed by atoms with E-state index in [-0.39, 0.29) is 6.10 Å². The highest BCUT2D eigenvalue weighted by Crippen LogP contribution is 2.37. The molecule has 1 aromatic heterocycles. The summed E-state index contributed by atoms with van der Waals surface area (Å²) in [6, 6.07) is 11.4. The highest BCUT2D eigenvalue weighted by Gasteiger charge is 2.31. The van der Waals surface area contributed by atoms with Gasteiger partial charge in [-0.2, -0.15) is 13.2 Å². The van der Waals surface area contributed by atoms with Crippen LogP contribution in [0.1, 0.15) is 42.4 Å². The molecule has 2 aliphatic carbocycles. The summed E-state index contributed by atoms with van der Waals surface area (Å²) in [5.74, 6) is 1.02. The van der Waals surface area contributed by atoms with Crippen molar-refractivity contribution in [1.82, 2.24) is 9.97 Å². The summed E-state index contributed by atoms with van der Waals surface area (Å²) >= 11 is 0. The number of fused-ring (bicyclic) bond motifs is 1. The van der Waals surface area contributed by atoms with Crippen LogP contribution in [0.5, 0.6) is 0 Å². The van der Waals surface area contributed by atoms with E-state index in [9.17, 15) is 18.3 Å². The minimum atomic E-state index is -4.42. The van der Waals surface area contributed by atoms with Gasteiger partial charge in [0.05, 0.1) is 17.4 Å². The number of rotatable bonds is 6. The van der Waals surface area contributed by atoms with Crippen molar-refractivity contribution in [3.05, 3.63) is 65.5 Å². The summed E-state index contributed by atoms with van der Waals surface area (Å²) < 4.78 is 40.2. The molecule has 8 heteroatoms. The normalized spacial score (nSPS) is 18.2. The molecule has 0 aliphatic heterocycles. The van der Waals surface area contributed by atoms with Crippen LogP contribution in [0.3, 0.4) is 0 Å². The molecule has 0 amide bonds. The molecule has 0 bridgehead atoms. The van der Waals surface area contributed by atoms with Gasteiger partial charge in [0.2, 0.25) is 0 Å². The van der Waals surface area contributed by atoms with E-state index in [0.29, 0.717) is 48.1 Å². The summed E-state index contributed by atoms with van der Waals surface area (Å²) in [7, 11) is 0. The van der Waals surface area contributed by atoms with Gasteiger partial charge in [-0.25, -0.2) is 9.97 Å². The van der Waals surface area contributed by atoms with Gasteiger partial charge in [-0.1, -0.05) is 31.0 Å². The van der Waals surface area contributed by atoms with Crippen LogP contribution in [0.15, 0.2) is 48.8 Å². The molecule has 5 nitrogen and oxygen atoms in total. The maximum absolute atomic E-state index is 13.4. The van der Waals surface area contributed by atoms with E-state index in [2.05, 4.69) is 20.6 Å². The van der Waals surface area contributed by atoms with Crippen LogP contribution in [0.4, 0.5) is 30.4 Å². The maximum atomic E-state index is 13.4. The Bertz CT molecular complexity index is 1170. The standard InChI is InChI=1S/C26H27F3N4O/c27-26(28,29)18-8-9-20(23(11-18)30-14-16-4-1-2-5-16)24-13-25(32-15-31-24)33-22-7-3-6-17-10-19(34)12-21(17)22/h3,6-9,11,13,15-16,19,30,34H,1-2,4-5,10,12,14H2,(H,31,32,33)/t19-/m1/s1. The third kappa shape index (κ3) is 4.87. The van der Waals surface area contributed by atoms with E-state index < -0.39 is 11.7 Å². The molecule has 2 aliphatic rings. The van der Waals surface area contributed by atoms with Crippen molar-refractivity contribution >= 4 is 17.2 Å². The largest absolute Gasteiger partial charge is 0.416 e. The first-order chi connectivity index (χ1) is 16.4. The Labute approximate surface area is 196 Å². The number of aromatic nitrogens is 2. The lowest BCUT2D eigenvalue weighted by molar-refractivity contribution is -0.137. The predicted octanol–water partition coefficient (Wildman–Crippen LogP) is 5.97. The van der Waals surface area contributed by atoms with Crippen molar-refractivity contribution in [3.8, 4) is 11.3 Å². The highest BCUT2D eigenvalue weighted by molar-refractivity contribution is 5.78. The number of nitrogens with one attached hydrogen (secondary N) is 2. The van der Waals surface area contributed by atoms with Crippen LogP contribution >= 0.6 is 0 Å². The van der Waals surface area contributed by atoms with Crippen LogP contribution in [0.25, 0.3) is 11.3 Å². The molecule has 2 aromatic carbocycles. The topological polar surface area (TPSA) is 70.1 Å². The van der Waals surface area contributed by atoms with E-state index in [1.165, 1.54) is 31.3 Å². The number of aliphatic hydroxyl groups is 1. The molecule has 0 unspecified atom stereocenters. The fourth-order valence-electron chi connectivity index (χ4n) is 5.02. The van der Waals surface area contributed by atoms with Gasteiger partial charge < -0.3 is 15.7 Å². The van der Waals surface area contributed by atoms with Crippen molar-refractivity contribution in [1.29, 1.82) is 0 Å². The molecule has 3 aromatic rings. The van der Waals surface area contributed by atoms with Crippen molar-refractivity contribution in [2.24, 2.45) is 5.92 Å². The third-order valence-corrected chi connectivity index (χ3v) is 6.78. The molecular weight excluding hydrogens is 441 g/mol. The number of hydrogen-bond donors (Lipinski definition) is 3. The smallest absolute Gasteiger partial charge is 0.392 e. The SMILES string of the molecule is O[C@@H]1Cc2cccc(Nc3cc(-c4ccc(C(F)(F)F)cc4NCC4CCCC4)ncn3)c2C1. The van der Waals surface area contributed by atoms with Crippen molar-refractivity contribution in [2.45, 2.75) is 50.8 Å². The molecule has 3 N–H and O–H groups in total. The monoisotopic (exact) mass is 468 g/mol. The fraction of sp³-hybridized carbons (Fsp3) is 0.385. The Morgan fingerprint density at radius 3 is 2.59 bits per heavy atom. The van der Waals surface area contributed by atoms with Gasteiger partial charge in [0.15, 0.2) is 0 Å². The highest BCUT2D eigenvalue weighted by atomic mass is 19.4. The minimum Gasteiger partial charge on any atom is -0.392 e. The first kappa shape index (κ1) is 22.7. The number of alkyl halides is 3. The van der Waals surface area contributed by atoms with Crippen LogP contribution in [0.2, 0.25) is 0 Å². The summed E-state index contributed by atoms with van der Waals surface area (Å²) in [4.78, 5) is 8.67. The quantitative estimate of drug-likeness (QED) is 0.416. The first-order valence-electron chi connectivity index (χ1n) is 11.7. The van der Waals surface area contributed by atoms with Crippen molar-refractivity contribution in [2.75, 3.05) is 17.2 Å². The third-order valence-electron chi connectivity index (χ3n) is 6.78. The molecule has 1 atom stereocenters. The zero-order chi connectivity index (χ0) is 23.7. The average Bonchev–Trinajstić information content (AvgIpc) is 3.46. The Morgan fingerprint density at radius 2 is 1.79 bits per heavy atom. The average molecular weight is 469 g/mol. The number of nitrogens with zero attached hydrogens (tertiary/aromatic N) is 2. The summed E-state index contributed by atoms with van der Waals surface area (Å²) in [6.45, 7) is 0.642. The van der Waals surface area contributed by atoms with Crippen LogP contribution in [0, 0.1) is 5.92 Å². The number of hydrogen-bond acceptors (Lipinski definition) is 5. The second kappa shape index (κ2) is 9.25. The number of anilines is 3. The molecule has 5 rings (SSSR count). The predicted molar refractivity (Wildman–Crippen MR) is 126 cm³/mol. The number of benzene rings is 2. The Morgan fingerprint density at radius 1 is 0.971 bits per heavy atom. The van der Waals surface area contributed by atoms with Gasteiger partial charge in [-0.3, -0.25) is 0 Å². The molecule has 0 radical (unpaired) electrons. The second-order valence-corrected chi connectivity index (χ2v) is 9.21. The molecule has 1 heterocycles. The zero-order valence-corrected chi connectivity index (χ0v) is 18.7.